The summed E-state index contributed by atoms with van der Waals surface area (Å²) in [5.41, 5.74) is 1.08. The van der Waals surface area contributed by atoms with E-state index in [-0.39, 0.29) is 13.1 Å². The molecule has 0 spiro atoms. The van der Waals surface area contributed by atoms with Gasteiger partial charge in [-0.25, -0.2) is 19.7 Å². The Morgan fingerprint density at radius 1 is 1.03 bits per heavy atom. The van der Waals surface area contributed by atoms with Gasteiger partial charge >= 0.3 is 6.09 Å². The highest BCUT2D eigenvalue weighted by Gasteiger charge is 2.29. The molecule has 11 heteroatoms. The number of carbonyl (C=O) groups is 2. The molecule has 2 amide bonds. The highest BCUT2D eigenvalue weighted by molar-refractivity contribution is 5.94. The number of aromatic nitrogens is 3. The molecule has 0 aromatic carbocycles. The Balaban J connectivity index is 1.40. The lowest BCUT2D eigenvalue weighted by Gasteiger charge is -2.33. The topological polar surface area (TPSA) is 118 Å². The van der Waals surface area contributed by atoms with Gasteiger partial charge in [0.15, 0.2) is 0 Å². The number of piperazine rings is 2. The van der Waals surface area contributed by atoms with Crippen molar-refractivity contribution in [3.63, 3.8) is 0 Å². The zero-order valence-electron chi connectivity index (χ0n) is 16.7. The number of anilines is 4. The van der Waals surface area contributed by atoms with Gasteiger partial charge in [-0.15, -0.1) is 0 Å². The van der Waals surface area contributed by atoms with Gasteiger partial charge in [0.05, 0.1) is 18.4 Å². The van der Waals surface area contributed by atoms with Crippen LogP contribution < -0.4 is 15.1 Å². The van der Waals surface area contributed by atoms with E-state index >= 15 is 0 Å². The Bertz CT molecular complexity index is 914. The SMILES string of the molecule is CN1CCN(c2ccc(Nc3nccc(N4CCN(C(=O)O)C(=O)C4)n3)nc2)CC1. The average molecular weight is 412 g/mol. The molecule has 2 saturated heterocycles. The Morgan fingerprint density at radius 2 is 1.80 bits per heavy atom. The molecule has 2 aromatic heterocycles. The van der Waals surface area contributed by atoms with Crippen molar-refractivity contribution < 1.29 is 14.7 Å². The van der Waals surface area contributed by atoms with E-state index in [0.29, 0.717) is 24.1 Å². The second-order valence-corrected chi connectivity index (χ2v) is 7.30. The zero-order chi connectivity index (χ0) is 21.1. The van der Waals surface area contributed by atoms with E-state index in [1.54, 1.807) is 17.2 Å². The van der Waals surface area contributed by atoms with E-state index in [9.17, 15) is 9.59 Å². The van der Waals surface area contributed by atoms with E-state index in [1.807, 2.05) is 18.3 Å². The Hall–Kier alpha value is -3.47. The van der Waals surface area contributed by atoms with Gasteiger partial charge in [0.25, 0.3) is 5.91 Å². The van der Waals surface area contributed by atoms with Gasteiger partial charge in [0, 0.05) is 45.5 Å². The lowest BCUT2D eigenvalue weighted by atomic mass is 10.3. The fraction of sp³-hybridized carbons (Fsp3) is 0.421. The van der Waals surface area contributed by atoms with Crippen LogP contribution in [-0.2, 0) is 4.79 Å². The van der Waals surface area contributed by atoms with Crippen LogP contribution in [0.15, 0.2) is 30.6 Å². The van der Waals surface area contributed by atoms with Crippen LogP contribution in [0.2, 0.25) is 0 Å². The average Bonchev–Trinajstić information content (AvgIpc) is 2.75. The molecule has 4 rings (SSSR count). The fourth-order valence-electron chi connectivity index (χ4n) is 3.48. The number of carboxylic acid groups (broad SMARTS) is 1. The van der Waals surface area contributed by atoms with Crippen molar-refractivity contribution in [2.75, 3.05) is 68.0 Å². The molecule has 2 fully saturated rings. The molecule has 11 nitrogen and oxygen atoms in total. The monoisotopic (exact) mass is 412 g/mol. The van der Waals surface area contributed by atoms with E-state index in [0.717, 1.165) is 36.8 Å². The molecular weight excluding hydrogens is 388 g/mol. The second kappa shape index (κ2) is 8.49. The first-order chi connectivity index (χ1) is 14.5. The number of rotatable bonds is 4. The fourth-order valence-corrected chi connectivity index (χ4v) is 3.48. The summed E-state index contributed by atoms with van der Waals surface area (Å²) < 4.78 is 0. The molecule has 0 unspecified atom stereocenters. The molecule has 2 aromatic rings. The molecule has 0 bridgehead atoms. The van der Waals surface area contributed by atoms with Gasteiger partial charge in [0.2, 0.25) is 5.95 Å². The highest BCUT2D eigenvalue weighted by Crippen LogP contribution is 2.20. The van der Waals surface area contributed by atoms with E-state index < -0.39 is 12.0 Å². The van der Waals surface area contributed by atoms with Crippen LogP contribution in [0, 0.1) is 0 Å². The van der Waals surface area contributed by atoms with Crippen molar-refractivity contribution in [1.82, 2.24) is 24.8 Å². The summed E-state index contributed by atoms with van der Waals surface area (Å²) in [6.45, 7) is 4.46. The van der Waals surface area contributed by atoms with Gasteiger partial charge in [-0.2, -0.15) is 4.98 Å². The maximum absolute atomic E-state index is 12.0. The molecule has 0 radical (unpaired) electrons. The minimum Gasteiger partial charge on any atom is -0.465 e. The van der Waals surface area contributed by atoms with Crippen molar-refractivity contribution >= 4 is 35.3 Å². The molecule has 0 aliphatic carbocycles. The third kappa shape index (κ3) is 4.40. The van der Waals surface area contributed by atoms with Crippen LogP contribution in [-0.4, -0.2) is 94.7 Å². The third-order valence-electron chi connectivity index (χ3n) is 5.27. The number of nitrogens with zero attached hydrogens (tertiary/aromatic N) is 7. The van der Waals surface area contributed by atoms with Crippen molar-refractivity contribution in [2.45, 2.75) is 0 Å². The number of nitrogens with one attached hydrogen (secondary N) is 1. The van der Waals surface area contributed by atoms with Gasteiger partial charge in [-0.3, -0.25) is 4.79 Å². The first kappa shape index (κ1) is 19.8. The largest absolute Gasteiger partial charge is 0.465 e. The van der Waals surface area contributed by atoms with Crippen molar-refractivity contribution in [3.8, 4) is 0 Å². The normalized spacial score (nSPS) is 17.9. The van der Waals surface area contributed by atoms with Crippen LogP contribution in [0.1, 0.15) is 0 Å². The molecule has 2 N–H and O–H groups in total. The second-order valence-electron chi connectivity index (χ2n) is 7.30. The minimum atomic E-state index is -1.23. The van der Waals surface area contributed by atoms with E-state index in [2.05, 4.69) is 37.1 Å². The minimum absolute atomic E-state index is 0.0409. The van der Waals surface area contributed by atoms with Gasteiger partial charge in [-0.1, -0.05) is 0 Å². The van der Waals surface area contributed by atoms with Crippen molar-refractivity contribution in [3.05, 3.63) is 30.6 Å². The first-order valence-corrected chi connectivity index (χ1v) is 9.77. The third-order valence-corrected chi connectivity index (χ3v) is 5.27. The van der Waals surface area contributed by atoms with Crippen molar-refractivity contribution in [2.24, 2.45) is 0 Å². The number of hydrogen-bond acceptors (Lipinski definition) is 9. The molecule has 2 aliphatic heterocycles. The van der Waals surface area contributed by atoms with Crippen LogP contribution in [0.3, 0.4) is 0 Å². The van der Waals surface area contributed by atoms with Crippen LogP contribution in [0.25, 0.3) is 0 Å². The lowest BCUT2D eigenvalue weighted by Crippen LogP contribution is -2.52. The standard InChI is InChI=1S/C19H24N8O3/c1-24-6-8-25(9-7-24)14-2-3-15(21-12-14)22-18-20-5-4-16(23-18)26-10-11-27(19(29)30)17(28)13-26/h2-5,12H,6-11,13H2,1H3,(H,29,30)(H,20,21,22,23). The smallest absolute Gasteiger partial charge is 0.414 e. The number of likely N-dealkylation sites (N-methyl/N-ethyl adjacent to an activating group) is 1. The van der Waals surface area contributed by atoms with Crippen LogP contribution in [0.4, 0.5) is 28.1 Å². The molecule has 158 valence electrons. The summed E-state index contributed by atoms with van der Waals surface area (Å²) in [4.78, 5) is 43.3. The molecule has 4 heterocycles. The summed E-state index contributed by atoms with van der Waals surface area (Å²) in [6, 6.07) is 5.60. The maximum atomic E-state index is 12.0. The van der Waals surface area contributed by atoms with E-state index in [1.165, 1.54) is 0 Å². The molecule has 2 aliphatic rings. The quantitative estimate of drug-likeness (QED) is 0.743. The number of hydrogen-bond donors (Lipinski definition) is 2. The van der Waals surface area contributed by atoms with E-state index in [4.69, 9.17) is 5.11 Å². The predicted octanol–water partition coefficient (Wildman–Crippen LogP) is 0.694. The summed E-state index contributed by atoms with van der Waals surface area (Å²) >= 11 is 0. The Kier molecular flexibility index (Phi) is 5.61. The summed E-state index contributed by atoms with van der Waals surface area (Å²) in [7, 11) is 2.12. The molecular formula is C19H24N8O3. The Morgan fingerprint density at radius 3 is 2.47 bits per heavy atom. The summed E-state index contributed by atoms with van der Waals surface area (Å²) in [5, 5.41) is 12.1. The number of pyridine rings is 1. The van der Waals surface area contributed by atoms with Crippen LogP contribution >= 0.6 is 0 Å². The Labute approximate surface area is 173 Å². The van der Waals surface area contributed by atoms with Gasteiger partial charge in [-0.05, 0) is 25.2 Å². The van der Waals surface area contributed by atoms with Crippen LogP contribution in [0.5, 0.6) is 0 Å². The van der Waals surface area contributed by atoms with Gasteiger partial charge in [0.1, 0.15) is 11.6 Å². The molecule has 0 saturated carbocycles. The highest BCUT2D eigenvalue weighted by atomic mass is 16.4. The molecule has 0 atom stereocenters. The summed E-state index contributed by atoms with van der Waals surface area (Å²) in [6.07, 6.45) is 2.20. The number of carbonyl (C=O) groups excluding carboxylic acids is 1. The summed E-state index contributed by atoms with van der Waals surface area (Å²) in [5.74, 6) is 1.07. The molecule has 30 heavy (non-hydrogen) atoms. The maximum Gasteiger partial charge on any atom is 0.414 e. The number of amides is 2. The number of imide groups is 1. The lowest BCUT2D eigenvalue weighted by molar-refractivity contribution is -0.128. The zero-order valence-corrected chi connectivity index (χ0v) is 16.7. The first-order valence-electron chi connectivity index (χ1n) is 9.77. The predicted molar refractivity (Wildman–Crippen MR) is 111 cm³/mol. The van der Waals surface area contributed by atoms with Gasteiger partial charge < -0.3 is 25.1 Å². The van der Waals surface area contributed by atoms with Crippen molar-refractivity contribution in [1.29, 1.82) is 0 Å².